The van der Waals surface area contributed by atoms with Crippen molar-refractivity contribution >= 4 is 0 Å². The van der Waals surface area contributed by atoms with Gasteiger partial charge in [-0.2, -0.15) is 0 Å². The van der Waals surface area contributed by atoms with Crippen LogP contribution in [0.2, 0.25) is 0 Å². The summed E-state index contributed by atoms with van der Waals surface area (Å²) in [6.45, 7) is 10.3. The molecular formula is C14H21NO. The van der Waals surface area contributed by atoms with E-state index in [1.165, 1.54) is 16.7 Å². The third-order valence-corrected chi connectivity index (χ3v) is 3.31. The normalized spacial score (nSPS) is 24.4. The molecule has 1 fully saturated rings. The Labute approximate surface area is 98.0 Å². The van der Waals surface area contributed by atoms with Crippen molar-refractivity contribution in [1.82, 2.24) is 5.32 Å². The highest BCUT2D eigenvalue weighted by Crippen LogP contribution is 2.24. The summed E-state index contributed by atoms with van der Waals surface area (Å²) in [6, 6.07) is 6.58. The molecule has 2 nitrogen and oxygen atoms in total. The Morgan fingerprint density at radius 1 is 1.25 bits per heavy atom. The van der Waals surface area contributed by atoms with Crippen LogP contribution >= 0.6 is 0 Å². The van der Waals surface area contributed by atoms with Gasteiger partial charge in [-0.1, -0.05) is 18.2 Å². The topological polar surface area (TPSA) is 21.3 Å². The quantitative estimate of drug-likeness (QED) is 0.784. The highest BCUT2D eigenvalue weighted by Gasteiger charge is 2.27. The predicted octanol–water partition coefficient (Wildman–Crippen LogP) is 2.74. The van der Waals surface area contributed by atoms with E-state index in [4.69, 9.17) is 4.74 Å². The van der Waals surface area contributed by atoms with E-state index in [9.17, 15) is 0 Å². The maximum atomic E-state index is 5.91. The molecule has 1 atom stereocenters. The van der Waals surface area contributed by atoms with Gasteiger partial charge in [0.1, 0.15) is 0 Å². The molecule has 1 aromatic rings. The van der Waals surface area contributed by atoms with Crippen LogP contribution in [-0.4, -0.2) is 18.7 Å². The van der Waals surface area contributed by atoms with Crippen LogP contribution in [0, 0.1) is 13.8 Å². The largest absolute Gasteiger partial charge is 0.370 e. The molecular weight excluding hydrogens is 198 g/mol. The Balaban J connectivity index is 2.11. The number of hydrogen-bond acceptors (Lipinski definition) is 2. The lowest BCUT2D eigenvalue weighted by molar-refractivity contribution is -0.0229. The minimum Gasteiger partial charge on any atom is -0.370 e. The van der Waals surface area contributed by atoms with Gasteiger partial charge in [0.25, 0.3) is 0 Å². The van der Waals surface area contributed by atoms with Gasteiger partial charge in [0.05, 0.1) is 12.7 Å². The van der Waals surface area contributed by atoms with Gasteiger partial charge in [-0.3, -0.25) is 0 Å². The van der Waals surface area contributed by atoms with Gasteiger partial charge in [0.15, 0.2) is 0 Å². The molecule has 1 heterocycles. The standard InChI is InChI=1S/C14H21NO/c1-10-5-6-12(7-11(10)2)13-8-15-14(3,4)9-16-13/h5-7,13,15H,8-9H2,1-4H3. The first-order valence-electron chi connectivity index (χ1n) is 5.92. The molecule has 0 spiro atoms. The maximum Gasteiger partial charge on any atom is 0.0950 e. The van der Waals surface area contributed by atoms with Gasteiger partial charge < -0.3 is 10.1 Å². The van der Waals surface area contributed by atoms with Gasteiger partial charge in [0, 0.05) is 12.1 Å². The van der Waals surface area contributed by atoms with Crippen molar-refractivity contribution in [2.24, 2.45) is 0 Å². The van der Waals surface area contributed by atoms with Crippen LogP contribution in [0.15, 0.2) is 18.2 Å². The molecule has 1 N–H and O–H groups in total. The zero-order valence-electron chi connectivity index (χ0n) is 10.6. The monoisotopic (exact) mass is 219 g/mol. The summed E-state index contributed by atoms with van der Waals surface area (Å²) in [7, 11) is 0. The van der Waals surface area contributed by atoms with Crippen molar-refractivity contribution in [3.63, 3.8) is 0 Å². The van der Waals surface area contributed by atoms with Crippen molar-refractivity contribution in [3.8, 4) is 0 Å². The first-order chi connectivity index (χ1) is 7.48. The molecule has 0 radical (unpaired) electrons. The number of nitrogens with one attached hydrogen (secondary N) is 1. The smallest absolute Gasteiger partial charge is 0.0950 e. The second-order valence-corrected chi connectivity index (χ2v) is 5.41. The Bertz CT molecular complexity index is 374. The van der Waals surface area contributed by atoms with E-state index < -0.39 is 0 Å². The highest BCUT2D eigenvalue weighted by molar-refractivity contribution is 5.31. The predicted molar refractivity (Wildman–Crippen MR) is 66.7 cm³/mol. The Kier molecular flexibility index (Phi) is 3.04. The van der Waals surface area contributed by atoms with Gasteiger partial charge in [-0.15, -0.1) is 0 Å². The third kappa shape index (κ3) is 2.45. The average Bonchev–Trinajstić information content (AvgIpc) is 2.22. The summed E-state index contributed by atoms with van der Waals surface area (Å²) in [5, 5.41) is 3.52. The molecule has 88 valence electrons. The van der Waals surface area contributed by atoms with Crippen LogP contribution in [0.1, 0.15) is 36.6 Å². The fourth-order valence-corrected chi connectivity index (χ4v) is 1.97. The molecule has 1 unspecified atom stereocenters. The van der Waals surface area contributed by atoms with Gasteiger partial charge in [-0.05, 0) is 44.4 Å². The minimum atomic E-state index is 0.107. The van der Waals surface area contributed by atoms with Crippen LogP contribution in [0.4, 0.5) is 0 Å². The molecule has 0 bridgehead atoms. The zero-order chi connectivity index (χ0) is 11.8. The van der Waals surface area contributed by atoms with Crippen LogP contribution in [0.25, 0.3) is 0 Å². The van der Waals surface area contributed by atoms with Crippen molar-refractivity contribution in [2.75, 3.05) is 13.2 Å². The fourth-order valence-electron chi connectivity index (χ4n) is 1.97. The summed E-state index contributed by atoms with van der Waals surface area (Å²) in [4.78, 5) is 0. The molecule has 16 heavy (non-hydrogen) atoms. The Morgan fingerprint density at radius 3 is 2.56 bits per heavy atom. The average molecular weight is 219 g/mol. The molecule has 1 saturated heterocycles. The SMILES string of the molecule is Cc1ccc(C2CNC(C)(C)CO2)cc1C. The molecule has 1 aromatic carbocycles. The third-order valence-electron chi connectivity index (χ3n) is 3.31. The van der Waals surface area contributed by atoms with Crippen molar-refractivity contribution in [1.29, 1.82) is 0 Å². The number of hydrogen-bond donors (Lipinski definition) is 1. The number of benzene rings is 1. The van der Waals surface area contributed by atoms with E-state index in [1.54, 1.807) is 0 Å². The number of morpholine rings is 1. The van der Waals surface area contributed by atoms with Gasteiger partial charge >= 0.3 is 0 Å². The molecule has 0 amide bonds. The lowest BCUT2D eigenvalue weighted by Crippen LogP contribution is -2.50. The van der Waals surface area contributed by atoms with E-state index >= 15 is 0 Å². The van der Waals surface area contributed by atoms with E-state index in [0.717, 1.165) is 13.2 Å². The van der Waals surface area contributed by atoms with Crippen LogP contribution < -0.4 is 5.32 Å². The molecule has 1 aliphatic heterocycles. The Hall–Kier alpha value is -0.860. The summed E-state index contributed by atoms with van der Waals surface area (Å²) in [6.07, 6.45) is 0.201. The fraction of sp³-hybridized carbons (Fsp3) is 0.571. The van der Waals surface area contributed by atoms with Gasteiger partial charge in [0.2, 0.25) is 0 Å². The van der Waals surface area contributed by atoms with Crippen molar-refractivity contribution in [2.45, 2.75) is 39.3 Å². The van der Waals surface area contributed by atoms with E-state index in [1.807, 2.05) is 0 Å². The molecule has 0 aliphatic carbocycles. The number of rotatable bonds is 1. The van der Waals surface area contributed by atoms with Crippen LogP contribution in [-0.2, 0) is 4.74 Å². The van der Waals surface area contributed by atoms with Gasteiger partial charge in [-0.25, -0.2) is 0 Å². The Morgan fingerprint density at radius 2 is 2.00 bits per heavy atom. The lowest BCUT2D eigenvalue weighted by atomic mass is 9.99. The highest BCUT2D eigenvalue weighted by atomic mass is 16.5. The number of aryl methyl sites for hydroxylation is 2. The van der Waals surface area contributed by atoms with E-state index in [2.05, 4.69) is 51.2 Å². The lowest BCUT2D eigenvalue weighted by Gasteiger charge is -2.36. The second-order valence-electron chi connectivity index (χ2n) is 5.41. The molecule has 1 aliphatic rings. The zero-order valence-corrected chi connectivity index (χ0v) is 10.6. The van der Waals surface area contributed by atoms with Crippen LogP contribution in [0.5, 0.6) is 0 Å². The second kappa shape index (κ2) is 4.19. The van der Waals surface area contributed by atoms with E-state index in [0.29, 0.717) is 0 Å². The molecule has 0 aromatic heterocycles. The maximum absolute atomic E-state index is 5.91. The molecule has 0 saturated carbocycles. The van der Waals surface area contributed by atoms with E-state index in [-0.39, 0.29) is 11.6 Å². The first kappa shape index (κ1) is 11.6. The van der Waals surface area contributed by atoms with Crippen LogP contribution in [0.3, 0.4) is 0 Å². The summed E-state index contributed by atoms with van der Waals surface area (Å²) < 4.78 is 5.91. The molecule has 2 rings (SSSR count). The first-order valence-corrected chi connectivity index (χ1v) is 5.92. The molecule has 2 heteroatoms. The van der Waals surface area contributed by atoms with Crippen molar-refractivity contribution < 1.29 is 4.74 Å². The minimum absolute atomic E-state index is 0.107. The summed E-state index contributed by atoms with van der Waals surface area (Å²) in [5.74, 6) is 0. The summed E-state index contributed by atoms with van der Waals surface area (Å²) in [5.41, 5.74) is 4.07. The number of ether oxygens (including phenoxy) is 1. The van der Waals surface area contributed by atoms with Crippen molar-refractivity contribution in [3.05, 3.63) is 34.9 Å². The summed E-state index contributed by atoms with van der Waals surface area (Å²) >= 11 is 0.